The summed E-state index contributed by atoms with van der Waals surface area (Å²) < 4.78 is 117. The topological polar surface area (TPSA) is 124 Å². The van der Waals surface area contributed by atoms with Gasteiger partial charge < -0.3 is 19.8 Å². The standard InChI is InChI=1S/C29H24F6N2O7S/c30-18-11-17(29(40)41)21(38)12-20(18)36(13-14-1-3-15(4-2-14)16-6-9-44-10-7-16)28(39)19-5-8-37(19)45(42,43)27-25(34)23(32)22(31)24(33)26(27)35/h1-4,11-12,16,19,38H,5-10,13H2,(H,40,41)/t19-/m1/s1. The summed E-state index contributed by atoms with van der Waals surface area (Å²) in [6.07, 6.45) is 1.27. The number of nitrogens with zero attached hydrogens (tertiary/aromatic N) is 2. The van der Waals surface area contributed by atoms with E-state index in [-0.39, 0.29) is 16.6 Å². The summed E-state index contributed by atoms with van der Waals surface area (Å²) in [5.74, 6) is -17.7. The minimum absolute atomic E-state index is 0.208. The number of hydrogen-bond donors (Lipinski definition) is 2. The van der Waals surface area contributed by atoms with Gasteiger partial charge in [-0.05, 0) is 42.4 Å². The second kappa shape index (κ2) is 12.3. The van der Waals surface area contributed by atoms with Gasteiger partial charge in [-0.2, -0.15) is 4.31 Å². The van der Waals surface area contributed by atoms with E-state index in [1.54, 1.807) is 24.3 Å². The van der Waals surface area contributed by atoms with E-state index in [9.17, 15) is 50.2 Å². The van der Waals surface area contributed by atoms with Crippen LogP contribution in [-0.2, 0) is 26.1 Å². The van der Waals surface area contributed by atoms with Crippen LogP contribution in [0.15, 0.2) is 41.3 Å². The Bertz CT molecular complexity index is 1750. The molecule has 3 aromatic carbocycles. The molecule has 1 atom stereocenters. The first-order valence-electron chi connectivity index (χ1n) is 13.5. The highest BCUT2D eigenvalue weighted by molar-refractivity contribution is 7.89. The molecule has 1 amide bonds. The van der Waals surface area contributed by atoms with Gasteiger partial charge in [-0.3, -0.25) is 4.79 Å². The van der Waals surface area contributed by atoms with Crippen molar-refractivity contribution < 1.29 is 59.3 Å². The first-order valence-corrected chi connectivity index (χ1v) is 14.9. The van der Waals surface area contributed by atoms with Gasteiger partial charge >= 0.3 is 5.97 Å². The fourth-order valence-electron chi connectivity index (χ4n) is 5.33. The number of halogens is 6. The SMILES string of the molecule is O=C(O)c1cc(F)c(N(Cc2ccc(C3CCOCC3)cc2)C(=O)[C@H]2CCN2S(=O)(=O)c2c(F)c(F)c(F)c(F)c2F)cc1O. The van der Waals surface area contributed by atoms with Gasteiger partial charge in [0.25, 0.3) is 0 Å². The zero-order chi connectivity index (χ0) is 32.8. The minimum Gasteiger partial charge on any atom is -0.507 e. The summed E-state index contributed by atoms with van der Waals surface area (Å²) in [7, 11) is -5.50. The van der Waals surface area contributed by atoms with Crippen molar-refractivity contribution in [3.8, 4) is 5.75 Å². The lowest BCUT2D eigenvalue weighted by molar-refractivity contribution is -0.125. The summed E-state index contributed by atoms with van der Waals surface area (Å²) in [5.41, 5.74) is -0.123. The van der Waals surface area contributed by atoms with Crippen LogP contribution in [0.5, 0.6) is 5.75 Å². The highest BCUT2D eigenvalue weighted by atomic mass is 32.2. The second-order valence-corrected chi connectivity index (χ2v) is 12.3. The molecule has 5 rings (SSSR count). The van der Waals surface area contributed by atoms with Crippen LogP contribution in [0.4, 0.5) is 32.0 Å². The largest absolute Gasteiger partial charge is 0.507 e. The number of anilines is 1. The van der Waals surface area contributed by atoms with Crippen molar-refractivity contribution in [3.63, 3.8) is 0 Å². The van der Waals surface area contributed by atoms with Crippen molar-refractivity contribution in [1.82, 2.24) is 4.31 Å². The Morgan fingerprint density at radius 3 is 2.00 bits per heavy atom. The van der Waals surface area contributed by atoms with Crippen LogP contribution >= 0.6 is 0 Å². The molecule has 2 saturated heterocycles. The number of rotatable bonds is 8. The lowest BCUT2D eigenvalue weighted by Gasteiger charge is -2.41. The molecule has 16 heteroatoms. The minimum atomic E-state index is -5.50. The molecule has 0 radical (unpaired) electrons. The molecule has 0 aliphatic carbocycles. The zero-order valence-corrected chi connectivity index (χ0v) is 23.9. The van der Waals surface area contributed by atoms with Crippen LogP contribution < -0.4 is 4.90 Å². The monoisotopic (exact) mass is 658 g/mol. The van der Waals surface area contributed by atoms with E-state index in [0.717, 1.165) is 18.4 Å². The molecule has 2 N–H and O–H groups in total. The number of carboxylic acid groups (broad SMARTS) is 1. The number of ether oxygens (including phenoxy) is 1. The molecule has 0 aromatic heterocycles. The Hall–Kier alpha value is -4.15. The van der Waals surface area contributed by atoms with Gasteiger partial charge in [0.1, 0.15) is 23.2 Å². The molecule has 3 aromatic rings. The van der Waals surface area contributed by atoms with Crippen molar-refractivity contribution in [3.05, 3.63) is 88.0 Å². The van der Waals surface area contributed by atoms with E-state index < -0.39 is 97.8 Å². The number of phenols is 1. The van der Waals surface area contributed by atoms with Crippen LogP contribution in [0.3, 0.4) is 0 Å². The molecule has 9 nitrogen and oxygen atoms in total. The number of amides is 1. The molecule has 45 heavy (non-hydrogen) atoms. The predicted molar refractivity (Wildman–Crippen MR) is 144 cm³/mol. The number of carbonyl (C=O) groups is 2. The summed E-state index contributed by atoms with van der Waals surface area (Å²) in [4.78, 5) is 23.8. The predicted octanol–water partition coefficient (Wildman–Crippen LogP) is 4.82. The van der Waals surface area contributed by atoms with Gasteiger partial charge in [-0.25, -0.2) is 39.6 Å². The quantitative estimate of drug-likeness (QED) is 0.202. The smallest absolute Gasteiger partial charge is 0.339 e. The molecule has 2 aliphatic heterocycles. The van der Waals surface area contributed by atoms with Gasteiger partial charge in [0.15, 0.2) is 28.2 Å². The van der Waals surface area contributed by atoms with Crippen LogP contribution in [0.1, 0.15) is 46.7 Å². The Morgan fingerprint density at radius 1 is 0.889 bits per heavy atom. The number of sulfonamides is 1. The zero-order valence-electron chi connectivity index (χ0n) is 23.1. The normalized spacial score (nSPS) is 17.6. The molecule has 240 valence electrons. The molecule has 0 bridgehead atoms. The van der Waals surface area contributed by atoms with Crippen molar-refractivity contribution in [1.29, 1.82) is 0 Å². The first-order chi connectivity index (χ1) is 21.2. The third-order valence-corrected chi connectivity index (χ3v) is 9.79. The van der Waals surface area contributed by atoms with Gasteiger partial charge in [-0.1, -0.05) is 24.3 Å². The summed E-state index contributed by atoms with van der Waals surface area (Å²) >= 11 is 0. The number of aromatic hydroxyl groups is 1. The highest BCUT2D eigenvalue weighted by Gasteiger charge is 2.48. The Kier molecular flexibility index (Phi) is 8.83. The summed E-state index contributed by atoms with van der Waals surface area (Å²) in [6, 6.07) is 6.11. The molecule has 2 heterocycles. The van der Waals surface area contributed by atoms with Crippen LogP contribution in [-0.4, -0.2) is 60.6 Å². The molecule has 2 aliphatic rings. The van der Waals surface area contributed by atoms with E-state index >= 15 is 4.39 Å². The fourth-order valence-corrected chi connectivity index (χ4v) is 7.07. The average molecular weight is 659 g/mol. The third-order valence-electron chi connectivity index (χ3n) is 7.86. The van der Waals surface area contributed by atoms with Crippen molar-refractivity contribution in [2.45, 2.75) is 42.7 Å². The average Bonchev–Trinajstić information content (AvgIpc) is 2.98. The molecule has 0 saturated carbocycles. The molecular weight excluding hydrogens is 634 g/mol. The van der Waals surface area contributed by atoms with Crippen molar-refractivity contribution in [2.75, 3.05) is 24.7 Å². The van der Waals surface area contributed by atoms with E-state index in [2.05, 4.69) is 0 Å². The number of hydrogen-bond acceptors (Lipinski definition) is 6. The Labute approximate surface area is 252 Å². The molecular formula is C29H24F6N2O7S. The van der Waals surface area contributed by atoms with Gasteiger partial charge in [0.05, 0.1) is 12.2 Å². The number of aromatic carboxylic acids is 1. The lowest BCUT2D eigenvalue weighted by atomic mass is 9.91. The molecule has 0 spiro atoms. The fraction of sp³-hybridized carbons (Fsp3) is 0.310. The number of carbonyl (C=O) groups excluding carboxylic acids is 1. The van der Waals surface area contributed by atoms with Gasteiger partial charge in [-0.15, -0.1) is 0 Å². The number of benzene rings is 3. The van der Waals surface area contributed by atoms with Gasteiger partial charge in [0.2, 0.25) is 21.7 Å². The molecule has 0 unspecified atom stereocenters. The van der Waals surface area contributed by atoms with Crippen LogP contribution in [0.2, 0.25) is 0 Å². The van der Waals surface area contributed by atoms with E-state index in [1.165, 1.54) is 0 Å². The maximum atomic E-state index is 15.3. The Morgan fingerprint density at radius 2 is 1.47 bits per heavy atom. The highest BCUT2D eigenvalue weighted by Crippen LogP contribution is 2.37. The van der Waals surface area contributed by atoms with E-state index in [1.807, 2.05) is 0 Å². The first kappa shape index (κ1) is 32.2. The van der Waals surface area contributed by atoms with Gasteiger partial charge in [0, 0.05) is 25.8 Å². The molecule has 2 fully saturated rings. The maximum absolute atomic E-state index is 15.3. The third kappa shape index (κ3) is 5.84. The second-order valence-electron chi connectivity index (χ2n) is 10.5. The van der Waals surface area contributed by atoms with Crippen LogP contribution in [0, 0.1) is 34.9 Å². The van der Waals surface area contributed by atoms with Crippen LogP contribution in [0.25, 0.3) is 0 Å². The van der Waals surface area contributed by atoms with E-state index in [4.69, 9.17) is 4.74 Å². The summed E-state index contributed by atoms with van der Waals surface area (Å²) in [6.45, 7) is 0.158. The lowest BCUT2D eigenvalue weighted by Crippen LogP contribution is -2.59. The maximum Gasteiger partial charge on any atom is 0.339 e. The number of carboxylic acids is 1. The van der Waals surface area contributed by atoms with Crippen molar-refractivity contribution in [2.24, 2.45) is 0 Å². The summed E-state index contributed by atoms with van der Waals surface area (Å²) in [5, 5.41) is 19.5. The van der Waals surface area contributed by atoms with E-state index in [0.29, 0.717) is 35.8 Å². The van der Waals surface area contributed by atoms with Crippen molar-refractivity contribution >= 4 is 27.6 Å². The Balaban J connectivity index is 1.52.